The molecule has 1 aliphatic rings. The van der Waals surface area contributed by atoms with Gasteiger partial charge < -0.3 is 35.4 Å². The number of allylic oxidation sites excluding steroid dienone is 5. The van der Waals surface area contributed by atoms with E-state index in [9.17, 15) is 22.8 Å². The normalized spacial score (nSPS) is 13.6. The number of unbranched alkanes of at least 4 members (excludes halogenated alkanes) is 1. The molecule has 2 aromatic rings. The largest absolute Gasteiger partial charge is 0.504 e. The summed E-state index contributed by atoms with van der Waals surface area (Å²) in [6.07, 6.45) is 15.6. The number of hydrogen-bond donors (Lipinski definition) is 4. The predicted molar refractivity (Wildman–Crippen MR) is 220 cm³/mol. The Bertz CT molecular complexity index is 1350. The quantitative estimate of drug-likeness (QED) is 0.0863. The number of rotatable bonds is 14. The molecule has 1 amide bonds. The fourth-order valence-corrected chi connectivity index (χ4v) is 4.95. The summed E-state index contributed by atoms with van der Waals surface area (Å²) in [5, 5.41) is 24.2. The van der Waals surface area contributed by atoms with Gasteiger partial charge in [-0.1, -0.05) is 96.7 Å². The first-order valence-electron chi connectivity index (χ1n) is 19.2. The highest BCUT2D eigenvalue weighted by molar-refractivity contribution is 5.54. The molecule has 54 heavy (non-hydrogen) atoms. The lowest BCUT2D eigenvalue weighted by atomic mass is 10.0. The molecule has 2 aromatic carbocycles. The number of piperazine rings is 1. The van der Waals surface area contributed by atoms with Gasteiger partial charge in [0.1, 0.15) is 11.8 Å². The Morgan fingerprint density at radius 2 is 1.54 bits per heavy atom. The number of benzene rings is 2. The van der Waals surface area contributed by atoms with Gasteiger partial charge in [0.15, 0.2) is 11.5 Å². The Kier molecular flexibility index (Phi) is 30.9. The molecule has 11 heteroatoms. The molecule has 1 unspecified atom stereocenters. The van der Waals surface area contributed by atoms with E-state index in [2.05, 4.69) is 105 Å². The summed E-state index contributed by atoms with van der Waals surface area (Å²) in [7, 11) is 2.18. The van der Waals surface area contributed by atoms with E-state index in [4.69, 9.17) is 10.2 Å². The SMILES string of the molecule is CC=C/C=C(\C=C/C)N1CCN(C)CC1.CCC.CCC=O.CCCCC(CCC)Nc1ccccc1CNC=O.Cc1cc(O)c(O)c(C(F)(F)F)c1. The van der Waals surface area contributed by atoms with Gasteiger partial charge in [0.05, 0.1) is 0 Å². The van der Waals surface area contributed by atoms with Crippen molar-refractivity contribution < 1.29 is 33.0 Å². The molecule has 1 saturated heterocycles. The van der Waals surface area contributed by atoms with Crippen LogP contribution in [0.2, 0.25) is 0 Å². The van der Waals surface area contributed by atoms with Crippen molar-refractivity contribution in [1.29, 1.82) is 0 Å². The number of hydrogen-bond acceptors (Lipinski definition) is 7. The summed E-state index contributed by atoms with van der Waals surface area (Å²) in [6, 6.07) is 10.6. The van der Waals surface area contributed by atoms with Crippen molar-refractivity contribution in [3.63, 3.8) is 0 Å². The molecular formula is C43H69F3N4O4. The molecule has 1 aliphatic heterocycles. The van der Waals surface area contributed by atoms with Crippen molar-refractivity contribution >= 4 is 18.4 Å². The number of aldehydes is 1. The maximum Gasteiger partial charge on any atom is 0.420 e. The minimum atomic E-state index is -4.65. The van der Waals surface area contributed by atoms with Crippen LogP contribution in [-0.2, 0) is 22.3 Å². The molecule has 8 nitrogen and oxygen atoms in total. The minimum Gasteiger partial charge on any atom is -0.504 e. The molecule has 1 heterocycles. The Hall–Kier alpha value is -4.25. The molecule has 0 spiro atoms. The monoisotopic (exact) mass is 763 g/mol. The average molecular weight is 763 g/mol. The number of halogens is 3. The van der Waals surface area contributed by atoms with E-state index in [1.807, 2.05) is 26.0 Å². The number of para-hydroxylation sites is 1. The van der Waals surface area contributed by atoms with E-state index in [1.165, 1.54) is 51.1 Å². The predicted octanol–water partition coefficient (Wildman–Crippen LogP) is 10.4. The van der Waals surface area contributed by atoms with Gasteiger partial charge in [-0.3, -0.25) is 4.79 Å². The summed E-state index contributed by atoms with van der Waals surface area (Å²) in [5.74, 6) is -1.88. The number of phenolic OH excluding ortho intramolecular Hbond substituents is 2. The summed E-state index contributed by atoms with van der Waals surface area (Å²) >= 11 is 0. The van der Waals surface area contributed by atoms with Gasteiger partial charge in [-0.2, -0.15) is 13.2 Å². The van der Waals surface area contributed by atoms with Crippen LogP contribution in [0.25, 0.3) is 0 Å². The second-order valence-corrected chi connectivity index (χ2v) is 12.8. The zero-order chi connectivity index (χ0) is 41.4. The molecule has 306 valence electrons. The van der Waals surface area contributed by atoms with Crippen molar-refractivity contribution in [3.8, 4) is 11.5 Å². The molecule has 4 N–H and O–H groups in total. The van der Waals surface area contributed by atoms with Crippen molar-refractivity contribution in [2.45, 2.75) is 119 Å². The number of carbonyl (C=O) groups excluding carboxylic acids is 2. The van der Waals surface area contributed by atoms with E-state index >= 15 is 0 Å². The summed E-state index contributed by atoms with van der Waals surface area (Å²) in [6.45, 7) is 21.2. The van der Waals surface area contributed by atoms with E-state index in [0.29, 0.717) is 19.0 Å². The summed E-state index contributed by atoms with van der Waals surface area (Å²) in [5.41, 5.74) is 2.63. The zero-order valence-corrected chi connectivity index (χ0v) is 34.3. The molecule has 0 bridgehead atoms. The lowest BCUT2D eigenvalue weighted by Crippen LogP contribution is -2.43. The van der Waals surface area contributed by atoms with Gasteiger partial charge in [-0.25, -0.2) is 0 Å². The molecule has 1 atom stereocenters. The van der Waals surface area contributed by atoms with Crippen LogP contribution >= 0.6 is 0 Å². The Labute approximate surface area is 324 Å². The van der Waals surface area contributed by atoms with Gasteiger partial charge in [-0.15, -0.1) is 0 Å². The fourth-order valence-electron chi connectivity index (χ4n) is 4.95. The Morgan fingerprint density at radius 1 is 0.926 bits per heavy atom. The summed E-state index contributed by atoms with van der Waals surface area (Å²) in [4.78, 5) is 24.4. The third-order valence-electron chi connectivity index (χ3n) is 7.67. The van der Waals surface area contributed by atoms with Crippen LogP contribution in [0.4, 0.5) is 18.9 Å². The topological polar surface area (TPSA) is 105 Å². The Balaban J connectivity index is 0. The standard InChI is InChI=1S/C16H26N2O.C13H22N2.C8H7F3O2.C3H6O.C3H8/c1-3-5-10-15(8-4-2)18-16-11-7-6-9-14(16)12-17-13-19;1-4-6-8-13(7-5-2)15-11-9-14(3)10-12-15;1-4-2-5(8(9,10)11)7(13)6(12)3-4;1-2-3-4;1-3-2/h6-7,9,11,13,15,18H,3-5,8,10,12H2,1-2H3,(H,17,19);4-8H,9-12H2,1-3H3;2-3,12-13H,1H3;3H,2H2,1H3;3H2,1-2H3/b;6-4?,7-5-,13-8+;;;. The van der Waals surface area contributed by atoms with Crippen LogP contribution in [0.1, 0.15) is 110 Å². The van der Waals surface area contributed by atoms with Crippen LogP contribution in [0.5, 0.6) is 11.5 Å². The highest BCUT2D eigenvalue weighted by Crippen LogP contribution is 2.40. The van der Waals surface area contributed by atoms with Gasteiger partial charge in [-0.05, 0) is 82.1 Å². The second kappa shape index (κ2) is 32.2. The first-order valence-corrected chi connectivity index (χ1v) is 19.2. The number of alkyl halides is 3. The van der Waals surface area contributed by atoms with Crippen molar-refractivity contribution in [1.82, 2.24) is 15.1 Å². The molecule has 0 radical (unpaired) electrons. The molecule has 0 aliphatic carbocycles. The van der Waals surface area contributed by atoms with Gasteiger partial charge in [0.2, 0.25) is 6.41 Å². The van der Waals surface area contributed by atoms with E-state index in [0.717, 1.165) is 62.3 Å². The summed E-state index contributed by atoms with van der Waals surface area (Å²) < 4.78 is 36.4. The number of aromatic hydroxyl groups is 2. The number of likely N-dealkylation sites (N-methyl/N-ethyl adjacent to an activating group) is 1. The third kappa shape index (κ3) is 24.1. The molecule has 3 rings (SSSR count). The number of nitrogens with zero attached hydrogens (tertiary/aromatic N) is 2. The van der Waals surface area contributed by atoms with Crippen LogP contribution in [0, 0.1) is 6.92 Å². The minimum absolute atomic E-state index is 0.239. The van der Waals surface area contributed by atoms with Crippen LogP contribution in [0.15, 0.2) is 72.5 Å². The fraction of sp³-hybridized carbons (Fsp3) is 0.535. The van der Waals surface area contributed by atoms with Crippen molar-refractivity contribution in [3.05, 3.63) is 89.2 Å². The number of nitrogens with one attached hydrogen (secondary N) is 2. The first kappa shape index (κ1) is 51.9. The van der Waals surface area contributed by atoms with Gasteiger partial charge >= 0.3 is 6.18 Å². The number of phenols is 2. The van der Waals surface area contributed by atoms with E-state index in [1.54, 1.807) is 0 Å². The molecular weight excluding hydrogens is 693 g/mol. The lowest BCUT2D eigenvalue weighted by Gasteiger charge is -2.34. The zero-order valence-electron chi connectivity index (χ0n) is 34.3. The maximum atomic E-state index is 12.1. The molecule has 0 saturated carbocycles. The lowest BCUT2D eigenvalue weighted by molar-refractivity contribution is -0.139. The van der Waals surface area contributed by atoms with Crippen LogP contribution in [-0.4, -0.2) is 72.0 Å². The maximum absolute atomic E-state index is 12.1. The average Bonchev–Trinajstić information content (AvgIpc) is 3.14. The number of amides is 1. The first-order chi connectivity index (χ1) is 25.7. The number of aryl methyl sites for hydroxylation is 1. The smallest absolute Gasteiger partial charge is 0.420 e. The van der Waals surface area contributed by atoms with Crippen LogP contribution in [0.3, 0.4) is 0 Å². The highest BCUT2D eigenvalue weighted by atomic mass is 19.4. The Morgan fingerprint density at radius 3 is 2.04 bits per heavy atom. The molecule has 1 fully saturated rings. The van der Waals surface area contributed by atoms with Gasteiger partial charge in [0.25, 0.3) is 0 Å². The van der Waals surface area contributed by atoms with Crippen molar-refractivity contribution in [2.75, 3.05) is 38.5 Å². The molecule has 0 aromatic heterocycles. The van der Waals surface area contributed by atoms with Crippen molar-refractivity contribution in [2.24, 2.45) is 0 Å². The van der Waals surface area contributed by atoms with E-state index < -0.39 is 23.2 Å². The number of carbonyl (C=O) groups is 2. The third-order valence-corrected chi connectivity index (χ3v) is 7.67. The second-order valence-electron chi connectivity index (χ2n) is 12.8. The van der Waals surface area contributed by atoms with Crippen LogP contribution < -0.4 is 10.6 Å². The highest BCUT2D eigenvalue weighted by Gasteiger charge is 2.35. The van der Waals surface area contributed by atoms with E-state index in [-0.39, 0.29) is 5.56 Å². The number of anilines is 1. The van der Waals surface area contributed by atoms with Gasteiger partial charge in [0, 0.05) is 56.6 Å².